The van der Waals surface area contributed by atoms with E-state index in [4.69, 9.17) is 10.2 Å². The molecule has 0 unspecified atom stereocenters. The van der Waals surface area contributed by atoms with Crippen molar-refractivity contribution in [3.63, 3.8) is 0 Å². The molecule has 64 valence electrons. The van der Waals surface area contributed by atoms with Crippen LogP contribution < -0.4 is 0 Å². The van der Waals surface area contributed by atoms with E-state index in [0.29, 0.717) is 0 Å². The minimum atomic E-state index is -0.983. The number of carbonyl (C=O) groups is 1. The molecule has 1 aromatic rings. The van der Waals surface area contributed by atoms with Gasteiger partial charge in [0.1, 0.15) is 5.75 Å². The van der Waals surface area contributed by atoms with E-state index in [0.717, 1.165) is 11.6 Å². The number of hydrogen-bond acceptors (Lipinski definition) is 2. The van der Waals surface area contributed by atoms with Gasteiger partial charge in [-0.1, -0.05) is 12.1 Å². The number of phenolic OH excluding ortho intramolecular Hbond substituents is 1. The summed E-state index contributed by atoms with van der Waals surface area (Å²) in [5.41, 5.74) is 0.746. The first-order chi connectivity index (χ1) is 5.68. The Balaban J connectivity index is 0.00000144. The molecule has 1 rings (SSSR count). The van der Waals surface area contributed by atoms with Crippen LogP contribution in [0.2, 0.25) is 0 Å². The molecule has 0 radical (unpaired) electrons. The van der Waals surface area contributed by atoms with Crippen LogP contribution >= 0.6 is 0 Å². The van der Waals surface area contributed by atoms with Crippen molar-refractivity contribution in [1.82, 2.24) is 0 Å². The molecule has 0 aliphatic carbocycles. The zero-order chi connectivity index (χ0) is 8.97. The van der Waals surface area contributed by atoms with E-state index in [9.17, 15) is 4.79 Å². The summed E-state index contributed by atoms with van der Waals surface area (Å²) in [6, 6.07) is 6.27. The zero-order valence-electron chi connectivity index (χ0n) is 6.27. The van der Waals surface area contributed by atoms with Crippen LogP contribution in [0.3, 0.4) is 0 Å². The van der Waals surface area contributed by atoms with Gasteiger partial charge in [-0.05, 0) is 23.8 Å². The molecule has 2 N–H and O–H groups in total. The molecule has 0 spiro atoms. The average Bonchev–Trinajstić information content (AvgIpc) is 2.03. The number of aromatic hydroxyl groups is 1. The van der Waals surface area contributed by atoms with Gasteiger partial charge in [0, 0.05) is 6.08 Å². The normalized spacial score (nSPS) is 9.54. The third-order valence-electron chi connectivity index (χ3n) is 1.31. The van der Waals surface area contributed by atoms with Crippen molar-refractivity contribution in [2.75, 3.05) is 0 Å². The predicted molar refractivity (Wildman–Crippen MR) is 51.9 cm³/mol. The van der Waals surface area contributed by atoms with Crippen molar-refractivity contribution in [2.24, 2.45) is 0 Å². The number of carboxylic acids is 1. The van der Waals surface area contributed by atoms with E-state index in [-0.39, 0.29) is 57.1 Å². The van der Waals surface area contributed by atoms with Crippen LogP contribution in [0, 0.1) is 0 Å². The molecule has 0 aliphatic heterocycles. The number of rotatable bonds is 2. The Kier molecular flexibility index (Phi) is 6.27. The molecule has 3 nitrogen and oxygen atoms in total. The fourth-order valence-corrected chi connectivity index (χ4v) is 0.753. The average molecular weight is 204 g/mol. The third kappa shape index (κ3) is 5.23. The van der Waals surface area contributed by atoms with Crippen LogP contribution in [-0.4, -0.2) is 67.6 Å². The molecule has 13 heavy (non-hydrogen) atoms. The van der Waals surface area contributed by atoms with Crippen molar-refractivity contribution < 1.29 is 15.0 Å². The van der Waals surface area contributed by atoms with E-state index in [2.05, 4.69) is 0 Å². The van der Waals surface area contributed by atoms with Gasteiger partial charge < -0.3 is 10.2 Å². The molecule has 0 saturated carbocycles. The van der Waals surface area contributed by atoms with Crippen molar-refractivity contribution in [1.29, 1.82) is 0 Å². The molecular formula is C9H9KO3. The first kappa shape index (κ1) is 12.9. The summed E-state index contributed by atoms with van der Waals surface area (Å²) in [7, 11) is 0. The molecule has 0 fully saturated rings. The zero-order valence-corrected chi connectivity index (χ0v) is 6.27. The van der Waals surface area contributed by atoms with Gasteiger partial charge in [0.15, 0.2) is 0 Å². The Bertz CT molecular complexity index is 303. The van der Waals surface area contributed by atoms with Crippen LogP contribution in [0.15, 0.2) is 30.3 Å². The number of aliphatic carboxylic acids is 1. The summed E-state index contributed by atoms with van der Waals surface area (Å²) < 4.78 is 0. The van der Waals surface area contributed by atoms with E-state index in [1.54, 1.807) is 12.1 Å². The first-order valence-electron chi connectivity index (χ1n) is 3.38. The first-order valence-corrected chi connectivity index (χ1v) is 3.38. The second kappa shape index (κ2) is 6.34. The van der Waals surface area contributed by atoms with E-state index >= 15 is 0 Å². The molecule has 0 aliphatic rings. The topological polar surface area (TPSA) is 57.5 Å². The fraction of sp³-hybridized carbons (Fsp3) is 0. The Morgan fingerprint density at radius 1 is 1.23 bits per heavy atom. The van der Waals surface area contributed by atoms with Crippen molar-refractivity contribution in [2.45, 2.75) is 0 Å². The van der Waals surface area contributed by atoms with Crippen LogP contribution in [0.25, 0.3) is 6.08 Å². The monoisotopic (exact) mass is 204 g/mol. The second-order valence-corrected chi connectivity index (χ2v) is 2.26. The van der Waals surface area contributed by atoms with E-state index < -0.39 is 5.97 Å². The maximum atomic E-state index is 10.1. The Labute approximate surface area is 119 Å². The molecule has 0 bridgehead atoms. The second-order valence-electron chi connectivity index (χ2n) is 2.26. The number of carboxylic acid groups (broad SMARTS) is 1. The molecular weight excluding hydrogens is 195 g/mol. The summed E-state index contributed by atoms with van der Waals surface area (Å²) in [5.74, 6) is -0.814. The van der Waals surface area contributed by atoms with Gasteiger partial charge in [0.2, 0.25) is 0 Å². The van der Waals surface area contributed by atoms with Gasteiger partial charge in [-0.15, -0.1) is 0 Å². The van der Waals surface area contributed by atoms with Crippen molar-refractivity contribution in [3.05, 3.63) is 35.9 Å². The van der Waals surface area contributed by atoms with Gasteiger partial charge in [-0.2, -0.15) is 0 Å². The van der Waals surface area contributed by atoms with Crippen LogP contribution in [-0.2, 0) is 4.79 Å². The molecule has 0 aromatic heterocycles. The SMILES string of the molecule is O=C(O)/C=C/c1ccc(O)cc1.[KH]. The van der Waals surface area contributed by atoms with Crippen molar-refractivity contribution in [3.8, 4) is 5.75 Å². The maximum absolute atomic E-state index is 10.1. The summed E-state index contributed by atoms with van der Waals surface area (Å²) in [6.45, 7) is 0. The molecule has 0 amide bonds. The minimum absolute atomic E-state index is 0. The Morgan fingerprint density at radius 2 is 1.77 bits per heavy atom. The molecule has 4 heteroatoms. The van der Waals surface area contributed by atoms with Crippen molar-refractivity contribution >= 4 is 63.4 Å². The summed E-state index contributed by atoms with van der Waals surface area (Å²) in [6.07, 6.45) is 2.51. The number of phenols is 1. The summed E-state index contributed by atoms with van der Waals surface area (Å²) in [5, 5.41) is 17.2. The predicted octanol–water partition coefficient (Wildman–Crippen LogP) is 0.841. The van der Waals surface area contributed by atoms with Gasteiger partial charge >= 0.3 is 57.4 Å². The van der Waals surface area contributed by atoms with Gasteiger partial charge in [0.25, 0.3) is 0 Å². The summed E-state index contributed by atoms with van der Waals surface area (Å²) in [4.78, 5) is 10.1. The van der Waals surface area contributed by atoms with Crippen LogP contribution in [0.5, 0.6) is 5.75 Å². The molecule has 1 aromatic carbocycles. The number of hydrogen-bond donors (Lipinski definition) is 2. The van der Waals surface area contributed by atoms with Gasteiger partial charge in [-0.25, -0.2) is 4.79 Å². The van der Waals surface area contributed by atoms with Gasteiger partial charge in [-0.3, -0.25) is 0 Å². The molecule has 0 atom stereocenters. The van der Waals surface area contributed by atoms with E-state index in [1.165, 1.54) is 18.2 Å². The van der Waals surface area contributed by atoms with Crippen LogP contribution in [0.4, 0.5) is 0 Å². The third-order valence-corrected chi connectivity index (χ3v) is 1.31. The Hall–Kier alpha value is -0.134. The standard InChI is InChI=1S/C9H8O3.K.H/c10-8-4-1-7(2-5-8)3-6-9(11)12;;/h1-6,10H,(H,11,12);;/b6-3+;;. The van der Waals surface area contributed by atoms with E-state index in [1.807, 2.05) is 0 Å². The van der Waals surface area contributed by atoms with Crippen LogP contribution in [0.1, 0.15) is 5.56 Å². The molecule has 0 saturated heterocycles. The molecule has 0 heterocycles. The quantitative estimate of drug-likeness (QED) is 0.554. The fourth-order valence-electron chi connectivity index (χ4n) is 0.753. The summed E-state index contributed by atoms with van der Waals surface area (Å²) >= 11 is 0. The van der Waals surface area contributed by atoms with Gasteiger partial charge in [0.05, 0.1) is 0 Å². The Morgan fingerprint density at radius 3 is 2.23 bits per heavy atom. The number of benzene rings is 1.